The molecule has 0 fully saturated rings. The molecular formula is C18H20S. The Hall–Kier alpha value is -1.47. The zero-order chi connectivity index (χ0) is 13.7. The maximum atomic E-state index is 2.24. The van der Waals surface area contributed by atoms with Crippen molar-refractivity contribution in [2.75, 3.05) is 0 Å². The van der Waals surface area contributed by atoms with Crippen molar-refractivity contribution < 1.29 is 0 Å². The Labute approximate surface area is 120 Å². The zero-order valence-corrected chi connectivity index (χ0v) is 12.6. The van der Waals surface area contributed by atoms with Crippen LogP contribution in [-0.4, -0.2) is 4.75 Å². The van der Waals surface area contributed by atoms with Crippen LogP contribution >= 0.6 is 11.8 Å². The van der Waals surface area contributed by atoms with Crippen molar-refractivity contribution in [3.05, 3.63) is 65.7 Å². The number of thioether (sulfide) groups is 1. The molecule has 0 aliphatic carbocycles. The molecule has 0 saturated heterocycles. The molecule has 0 radical (unpaired) electrons. The molecule has 2 aromatic rings. The van der Waals surface area contributed by atoms with Gasteiger partial charge in [-0.2, -0.15) is 0 Å². The first-order valence-corrected chi connectivity index (χ1v) is 7.37. The van der Waals surface area contributed by atoms with Gasteiger partial charge in [-0.05, 0) is 23.3 Å². The molecule has 0 N–H and O–H groups in total. The van der Waals surface area contributed by atoms with Gasteiger partial charge in [0.2, 0.25) is 0 Å². The summed E-state index contributed by atoms with van der Waals surface area (Å²) in [5.41, 5.74) is 2.47. The molecule has 0 amide bonds. The fraction of sp³-hybridized carbons (Fsp3) is 0.222. The highest BCUT2D eigenvalue weighted by Gasteiger charge is 2.11. The van der Waals surface area contributed by atoms with Crippen LogP contribution in [0.15, 0.2) is 59.5 Å². The molecule has 0 atom stereocenters. The van der Waals surface area contributed by atoms with Crippen LogP contribution in [0.3, 0.4) is 0 Å². The van der Waals surface area contributed by atoms with Gasteiger partial charge in [-0.1, -0.05) is 75.4 Å². The largest absolute Gasteiger partial charge is 0.120 e. The van der Waals surface area contributed by atoms with Crippen LogP contribution < -0.4 is 0 Å². The van der Waals surface area contributed by atoms with E-state index in [2.05, 4.69) is 81.5 Å². The fourth-order valence-corrected chi connectivity index (χ4v) is 2.74. The molecule has 2 aromatic carbocycles. The van der Waals surface area contributed by atoms with Crippen LogP contribution in [0.2, 0.25) is 0 Å². The van der Waals surface area contributed by atoms with E-state index in [1.54, 1.807) is 0 Å². The molecule has 0 aliphatic rings. The van der Waals surface area contributed by atoms with E-state index in [-0.39, 0.29) is 4.75 Å². The standard InChI is InChI=1S/C18H20S/c1-18(2,3)19-17-13-11-16(12-14-17)10-9-15-7-5-4-6-8-15/h4-14H,1-3H3/b10-9+. The van der Waals surface area contributed by atoms with E-state index < -0.39 is 0 Å². The van der Waals surface area contributed by atoms with Crippen molar-refractivity contribution in [3.63, 3.8) is 0 Å². The van der Waals surface area contributed by atoms with Crippen molar-refractivity contribution in [3.8, 4) is 0 Å². The van der Waals surface area contributed by atoms with Gasteiger partial charge in [0.05, 0.1) is 0 Å². The van der Waals surface area contributed by atoms with Gasteiger partial charge < -0.3 is 0 Å². The average Bonchev–Trinajstić information content (AvgIpc) is 2.37. The maximum Gasteiger partial charge on any atom is 0.0122 e. The lowest BCUT2D eigenvalue weighted by molar-refractivity contribution is 0.803. The van der Waals surface area contributed by atoms with Crippen LogP contribution in [0, 0.1) is 0 Å². The maximum absolute atomic E-state index is 2.24. The van der Waals surface area contributed by atoms with Crippen molar-refractivity contribution in [1.82, 2.24) is 0 Å². The molecule has 0 heterocycles. The van der Waals surface area contributed by atoms with E-state index >= 15 is 0 Å². The van der Waals surface area contributed by atoms with E-state index in [0.717, 1.165) is 0 Å². The van der Waals surface area contributed by atoms with Crippen LogP contribution in [0.5, 0.6) is 0 Å². The second-order valence-corrected chi connectivity index (χ2v) is 7.43. The molecule has 0 saturated carbocycles. The Kier molecular flexibility index (Phi) is 4.49. The smallest absolute Gasteiger partial charge is 0.0122 e. The molecule has 0 aromatic heterocycles. The Bertz CT molecular complexity index is 530. The first kappa shape index (κ1) is 14.0. The van der Waals surface area contributed by atoms with Gasteiger partial charge in [0.1, 0.15) is 0 Å². The predicted octanol–water partition coefficient (Wildman–Crippen LogP) is 5.75. The third-order valence-corrected chi connectivity index (χ3v) is 3.69. The van der Waals surface area contributed by atoms with Crippen LogP contribution in [0.4, 0.5) is 0 Å². The minimum absolute atomic E-state index is 0.265. The highest BCUT2D eigenvalue weighted by Crippen LogP contribution is 2.31. The van der Waals surface area contributed by atoms with Gasteiger partial charge in [-0.25, -0.2) is 0 Å². The Morgan fingerprint density at radius 2 is 1.26 bits per heavy atom. The fourth-order valence-electron chi connectivity index (χ4n) is 1.76. The second kappa shape index (κ2) is 6.12. The summed E-state index contributed by atoms with van der Waals surface area (Å²) in [7, 11) is 0. The zero-order valence-electron chi connectivity index (χ0n) is 11.8. The Balaban J connectivity index is 2.05. The number of hydrogen-bond donors (Lipinski definition) is 0. The summed E-state index contributed by atoms with van der Waals surface area (Å²) in [6.07, 6.45) is 4.30. The summed E-state index contributed by atoms with van der Waals surface area (Å²) in [6, 6.07) is 19.1. The lowest BCUT2D eigenvalue weighted by atomic mass is 10.1. The van der Waals surface area contributed by atoms with E-state index in [1.165, 1.54) is 16.0 Å². The Morgan fingerprint density at radius 3 is 1.79 bits per heavy atom. The first-order chi connectivity index (χ1) is 9.03. The Morgan fingerprint density at radius 1 is 0.737 bits per heavy atom. The molecule has 1 heteroatoms. The lowest BCUT2D eigenvalue weighted by Crippen LogP contribution is -2.06. The van der Waals surface area contributed by atoms with Gasteiger partial charge in [-0.3, -0.25) is 0 Å². The van der Waals surface area contributed by atoms with Crippen molar-refractivity contribution in [2.24, 2.45) is 0 Å². The third kappa shape index (κ3) is 4.96. The normalized spacial score (nSPS) is 11.9. The van der Waals surface area contributed by atoms with Crippen molar-refractivity contribution >= 4 is 23.9 Å². The summed E-state index contributed by atoms with van der Waals surface area (Å²) in [5, 5.41) is 0. The van der Waals surface area contributed by atoms with Gasteiger partial charge in [0.25, 0.3) is 0 Å². The van der Waals surface area contributed by atoms with Gasteiger partial charge in [0.15, 0.2) is 0 Å². The quantitative estimate of drug-likeness (QED) is 0.504. The molecular weight excluding hydrogens is 248 g/mol. The predicted molar refractivity (Wildman–Crippen MR) is 87.4 cm³/mol. The summed E-state index contributed by atoms with van der Waals surface area (Å²) in [6.45, 7) is 6.71. The highest BCUT2D eigenvalue weighted by atomic mass is 32.2. The van der Waals surface area contributed by atoms with E-state index in [9.17, 15) is 0 Å². The first-order valence-electron chi connectivity index (χ1n) is 6.55. The molecule has 0 spiro atoms. The molecule has 2 rings (SSSR count). The topological polar surface area (TPSA) is 0 Å². The number of rotatable bonds is 3. The van der Waals surface area contributed by atoms with E-state index in [4.69, 9.17) is 0 Å². The number of hydrogen-bond acceptors (Lipinski definition) is 1. The molecule has 0 nitrogen and oxygen atoms in total. The monoisotopic (exact) mass is 268 g/mol. The summed E-state index contributed by atoms with van der Waals surface area (Å²) in [4.78, 5) is 1.32. The highest BCUT2D eigenvalue weighted by molar-refractivity contribution is 8.00. The van der Waals surface area contributed by atoms with Crippen LogP contribution in [0.25, 0.3) is 12.2 Å². The van der Waals surface area contributed by atoms with Gasteiger partial charge >= 0.3 is 0 Å². The molecule has 0 unspecified atom stereocenters. The third-order valence-electron chi connectivity index (χ3n) is 2.57. The SMILES string of the molecule is CC(C)(C)Sc1ccc(/C=C/c2ccccc2)cc1. The van der Waals surface area contributed by atoms with E-state index in [1.807, 2.05) is 17.8 Å². The molecule has 98 valence electrons. The number of benzene rings is 2. The summed E-state index contributed by atoms with van der Waals surface area (Å²) < 4.78 is 0.265. The average molecular weight is 268 g/mol. The van der Waals surface area contributed by atoms with Crippen LogP contribution in [-0.2, 0) is 0 Å². The summed E-state index contributed by atoms with van der Waals surface area (Å²) >= 11 is 1.90. The van der Waals surface area contributed by atoms with Crippen molar-refractivity contribution in [1.29, 1.82) is 0 Å². The minimum atomic E-state index is 0.265. The molecule has 19 heavy (non-hydrogen) atoms. The molecule has 0 aliphatic heterocycles. The van der Waals surface area contributed by atoms with Gasteiger partial charge in [-0.15, -0.1) is 11.8 Å². The summed E-state index contributed by atoms with van der Waals surface area (Å²) in [5.74, 6) is 0. The minimum Gasteiger partial charge on any atom is -0.120 e. The molecule has 0 bridgehead atoms. The van der Waals surface area contributed by atoms with Crippen LogP contribution in [0.1, 0.15) is 31.9 Å². The second-order valence-electron chi connectivity index (χ2n) is 5.53. The van der Waals surface area contributed by atoms with E-state index in [0.29, 0.717) is 0 Å². The van der Waals surface area contributed by atoms with Crippen molar-refractivity contribution in [2.45, 2.75) is 30.4 Å². The lowest BCUT2D eigenvalue weighted by Gasteiger charge is -2.17. The van der Waals surface area contributed by atoms with Gasteiger partial charge in [0, 0.05) is 9.64 Å².